The molecule has 0 aromatic carbocycles. The zero-order chi connectivity index (χ0) is 10.7. The van der Waals surface area contributed by atoms with Crippen molar-refractivity contribution in [2.24, 2.45) is 5.92 Å². The Bertz CT molecular complexity index is 380. The second-order valence-electron chi connectivity index (χ2n) is 4.05. The quantitative estimate of drug-likeness (QED) is 0.727. The molecule has 0 aliphatic carbocycles. The maximum Gasteiger partial charge on any atom is 0.266 e. The molecule has 15 heavy (non-hydrogen) atoms. The lowest BCUT2D eigenvalue weighted by Crippen LogP contribution is -2.29. The van der Waals surface area contributed by atoms with Crippen LogP contribution in [-0.2, 0) is 11.3 Å². The smallest absolute Gasteiger partial charge is 0.266 e. The Kier molecular flexibility index (Phi) is 3.16. The van der Waals surface area contributed by atoms with Crippen molar-refractivity contribution in [1.29, 1.82) is 0 Å². The third-order valence-electron chi connectivity index (χ3n) is 2.77. The summed E-state index contributed by atoms with van der Waals surface area (Å²) in [4.78, 5) is 11.5. The van der Waals surface area contributed by atoms with Gasteiger partial charge in [0.1, 0.15) is 0 Å². The normalized spacial score (nSPS) is 17.9. The van der Waals surface area contributed by atoms with Gasteiger partial charge in [0.2, 0.25) is 0 Å². The van der Waals surface area contributed by atoms with Crippen molar-refractivity contribution >= 4 is 0 Å². The molecule has 0 atom stereocenters. The van der Waals surface area contributed by atoms with Gasteiger partial charge in [-0.15, -0.1) is 0 Å². The third kappa shape index (κ3) is 2.65. The Hall–Kier alpha value is -1.16. The Labute approximate surface area is 88.9 Å². The second kappa shape index (κ2) is 4.57. The molecule has 1 aliphatic rings. The molecule has 4 heteroatoms. The van der Waals surface area contributed by atoms with Crippen LogP contribution < -0.4 is 5.56 Å². The molecule has 0 N–H and O–H groups in total. The molecule has 1 fully saturated rings. The fourth-order valence-electron chi connectivity index (χ4n) is 1.86. The molecule has 0 saturated carbocycles. The predicted molar refractivity (Wildman–Crippen MR) is 56.8 cm³/mol. The molecular weight excluding hydrogens is 192 g/mol. The molecule has 0 bridgehead atoms. The minimum absolute atomic E-state index is 0.00732. The largest absolute Gasteiger partial charge is 0.381 e. The summed E-state index contributed by atoms with van der Waals surface area (Å²) >= 11 is 0. The molecule has 1 aromatic rings. The van der Waals surface area contributed by atoms with E-state index in [4.69, 9.17) is 4.74 Å². The van der Waals surface area contributed by atoms with Crippen LogP contribution in [0.1, 0.15) is 18.5 Å². The van der Waals surface area contributed by atoms with Crippen LogP contribution in [0.25, 0.3) is 0 Å². The maximum absolute atomic E-state index is 11.5. The first-order chi connectivity index (χ1) is 7.25. The van der Waals surface area contributed by atoms with Gasteiger partial charge in [0.15, 0.2) is 0 Å². The van der Waals surface area contributed by atoms with Gasteiger partial charge in [-0.1, -0.05) is 0 Å². The average molecular weight is 208 g/mol. The van der Waals surface area contributed by atoms with Gasteiger partial charge in [-0.25, -0.2) is 4.68 Å². The van der Waals surface area contributed by atoms with E-state index in [2.05, 4.69) is 5.10 Å². The summed E-state index contributed by atoms with van der Waals surface area (Å²) in [6.45, 7) is 4.25. The summed E-state index contributed by atoms with van der Waals surface area (Å²) in [7, 11) is 0. The van der Waals surface area contributed by atoms with Gasteiger partial charge >= 0.3 is 0 Å². The Balaban J connectivity index is 2.09. The lowest BCUT2D eigenvalue weighted by Gasteiger charge is -2.22. The van der Waals surface area contributed by atoms with E-state index < -0.39 is 0 Å². The van der Waals surface area contributed by atoms with Crippen LogP contribution in [0, 0.1) is 12.8 Å². The van der Waals surface area contributed by atoms with E-state index >= 15 is 0 Å². The van der Waals surface area contributed by atoms with Crippen LogP contribution in [0.15, 0.2) is 16.9 Å². The highest BCUT2D eigenvalue weighted by Gasteiger charge is 2.15. The van der Waals surface area contributed by atoms with Crippen LogP contribution in [-0.4, -0.2) is 23.0 Å². The van der Waals surface area contributed by atoms with E-state index in [0.717, 1.165) is 38.3 Å². The van der Waals surface area contributed by atoms with E-state index in [9.17, 15) is 4.79 Å². The summed E-state index contributed by atoms with van der Waals surface area (Å²) in [5.74, 6) is 0.533. The van der Waals surface area contributed by atoms with Gasteiger partial charge in [-0.2, -0.15) is 5.10 Å². The molecule has 1 aliphatic heterocycles. The summed E-state index contributed by atoms with van der Waals surface area (Å²) < 4.78 is 6.86. The molecular formula is C11H16N2O2. The van der Waals surface area contributed by atoms with Crippen LogP contribution in [0.5, 0.6) is 0 Å². The Morgan fingerprint density at radius 2 is 2.20 bits per heavy atom. The van der Waals surface area contributed by atoms with Crippen molar-refractivity contribution in [3.63, 3.8) is 0 Å². The highest BCUT2D eigenvalue weighted by Crippen LogP contribution is 2.15. The minimum atomic E-state index is -0.00732. The van der Waals surface area contributed by atoms with Crippen molar-refractivity contribution in [3.8, 4) is 0 Å². The highest BCUT2D eigenvalue weighted by atomic mass is 16.5. The van der Waals surface area contributed by atoms with Crippen molar-refractivity contribution in [3.05, 3.63) is 28.2 Å². The minimum Gasteiger partial charge on any atom is -0.381 e. The van der Waals surface area contributed by atoms with Gasteiger partial charge in [0.05, 0.1) is 5.69 Å². The molecule has 1 saturated heterocycles. The fourth-order valence-corrected chi connectivity index (χ4v) is 1.86. The average Bonchev–Trinajstić information content (AvgIpc) is 2.25. The highest BCUT2D eigenvalue weighted by molar-refractivity contribution is 4.97. The van der Waals surface area contributed by atoms with Crippen LogP contribution >= 0.6 is 0 Å². The zero-order valence-electron chi connectivity index (χ0n) is 8.98. The lowest BCUT2D eigenvalue weighted by molar-refractivity contribution is 0.0596. The van der Waals surface area contributed by atoms with E-state index in [1.807, 2.05) is 6.92 Å². The van der Waals surface area contributed by atoms with Crippen LogP contribution in [0.4, 0.5) is 0 Å². The van der Waals surface area contributed by atoms with Crippen molar-refractivity contribution in [2.75, 3.05) is 13.2 Å². The van der Waals surface area contributed by atoms with Crippen LogP contribution in [0.3, 0.4) is 0 Å². The van der Waals surface area contributed by atoms with Gasteiger partial charge in [-0.05, 0) is 31.7 Å². The first-order valence-electron chi connectivity index (χ1n) is 5.38. The standard InChI is InChI=1S/C11H16N2O2/c1-9-2-3-11(14)13(12-9)8-10-4-6-15-7-5-10/h2-3,10H,4-8H2,1H3. The van der Waals surface area contributed by atoms with Gasteiger partial charge in [0.25, 0.3) is 5.56 Å². The molecule has 4 nitrogen and oxygen atoms in total. The number of aryl methyl sites for hydroxylation is 1. The Morgan fingerprint density at radius 3 is 2.93 bits per heavy atom. The van der Waals surface area contributed by atoms with Crippen molar-refractivity contribution < 1.29 is 4.74 Å². The molecule has 2 rings (SSSR count). The monoisotopic (exact) mass is 208 g/mol. The number of aromatic nitrogens is 2. The van der Waals surface area contributed by atoms with Crippen molar-refractivity contribution in [2.45, 2.75) is 26.3 Å². The summed E-state index contributed by atoms with van der Waals surface area (Å²) in [5.41, 5.74) is 0.883. The molecule has 0 radical (unpaired) electrons. The fraction of sp³-hybridized carbons (Fsp3) is 0.636. The predicted octanol–water partition coefficient (Wildman–Crippen LogP) is 0.978. The molecule has 2 heterocycles. The molecule has 0 spiro atoms. The number of rotatable bonds is 2. The lowest BCUT2D eigenvalue weighted by atomic mass is 10.0. The molecule has 82 valence electrons. The third-order valence-corrected chi connectivity index (χ3v) is 2.77. The SMILES string of the molecule is Cc1ccc(=O)n(CC2CCOCC2)n1. The number of hydrogen-bond donors (Lipinski definition) is 0. The van der Waals surface area contributed by atoms with Crippen LogP contribution in [0.2, 0.25) is 0 Å². The molecule has 1 aromatic heterocycles. The van der Waals surface area contributed by atoms with E-state index in [1.54, 1.807) is 16.8 Å². The van der Waals surface area contributed by atoms with Gasteiger partial charge in [0, 0.05) is 25.8 Å². The zero-order valence-corrected chi connectivity index (χ0v) is 8.98. The Morgan fingerprint density at radius 1 is 1.47 bits per heavy atom. The number of nitrogens with zero attached hydrogens (tertiary/aromatic N) is 2. The number of ether oxygens (including phenoxy) is 1. The molecule has 0 amide bonds. The maximum atomic E-state index is 11.5. The first-order valence-corrected chi connectivity index (χ1v) is 5.38. The first kappa shape index (κ1) is 10.4. The van der Waals surface area contributed by atoms with E-state index in [0.29, 0.717) is 5.92 Å². The molecule has 0 unspecified atom stereocenters. The van der Waals surface area contributed by atoms with Gasteiger partial charge in [-0.3, -0.25) is 4.79 Å². The van der Waals surface area contributed by atoms with E-state index in [1.165, 1.54) is 0 Å². The topological polar surface area (TPSA) is 44.1 Å². The summed E-state index contributed by atoms with van der Waals surface area (Å²) in [6.07, 6.45) is 2.06. The second-order valence-corrected chi connectivity index (χ2v) is 4.05. The summed E-state index contributed by atoms with van der Waals surface area (Å²) in [5, 5.41) is 4.23. The van der Waals surface area contributed by atoms with E-state index in [-0.39, 0.29) is 5.56 Å². The van der Waals surface area contributed by atoms with Gasteiger partial charge < -0.3 is 4.74 Å². The van der Waals surface area contributed by atoms with Crippen molar-refractivity contribution in [1.82, 2.24) is 9.78 Å². The summed E-state index contributed by atoms with van der Waals surface area (Å²) in [6, 6.07) is 3.34. The number of hydrogen-bond acceptors (Lipinski definition) is 3.